The van der Waals surface area contributed by atoms with Crippen LogP contribution < -0.4 is 5.32 Å². The standard InChI is InChI=1S/C23H16F4N6/c24-20-14-29-22(32-21(20)15-5-2-1-3-6-15)33-30-13-18-9-10-19(12-28-18)31-17-8-4-7-16(11-17)23(25,26)27/h1-12,14,31H,13H2. The molecule has 0 atom stereocenters. The number of rotatable bonds is 6. The molecule has 2 aromatic carbocycles. The second kappa shape index (κ2) is 9.51. The van der Waals surface area contributed by atoms with Crippen molar-refractivity contribution in [3.05, 3.63) is 96.2 Å². The van der Waals surface area contributed by atoms with E-state index in [1.54, 1.807) is 36.4 Å². The number of halogens is 4. The Morgan fingerprint density at radius 2 is 1.67 bits per heavy atom. The fourth-order valence-corrected chi connectivity index (χ4v) is 2.91. The third-order valence-corrected chi connectivity index (χ3v) is 4.47. The van der Waals surface area contributed by atoms with Gasteiger partial charge < -0.3 is 5.32 Å². The van der Waals surface area contributed by atoms with Crippen molar-refractivity contribution in [2.24, 2.45) is 10.2 Å². The number of aromatic nitrogens is 3. The van der Waals surface area contributed by atoms with Crippen LogP contribution in [0.2, 0.25) is 0 Å². The average molecular weight is 452 g/mol. The molecule has 0 amide bonds. The highest BCUT2D eigenvalue weighted by molar-refractivity contribution is 5.60. The molecule has 6 nitrogen and oxygen atoms in total. The van der Waals surface area contributed by atoms with Gasteiger partial charge in [-0.05, 0) is 30.3 Å². The monoisotopic (exact) mass is 452 g/mol. The summed E-state index contributed by atoms with van der Waals surface area (Å²) in [6.45, 7) is 0.116. The molecule has 0 bridgehead atoms. The van der Waals surface area contributed by atoms with Crippen LogP contribution in [0, 0.1) is 5.82 Å². The van der Waals surface area contributed by atoms with E-state index in [0.29, 0.717) is 22.6 Å². The predicted octanol–water partition coefficient (Wildman–Crippen LogP) is 6.72. The summed E-state index contributed by atoms with van der Waals surface area (Å²) in [5.74, 6) is -0.552. The summed E-state index contributed by atoms with van der Waals surface area (Å²) in [5.41, 5.74) is 1.36. The van der Waals surface area contributed by atoms with E-state index in [-0.39, 0.29) is 18.2 Å². The number of benzene rings is 2. The summed E-state index contributed by atoms with van der Waals surface area (Å²) in [6, 6.07) is 17.0. The molecule has 0 aliphatic rings. The van der Waals surface area contributed by atoms with Gasteiger partial charge in [-0.15, -0.1) is 5.11 Å². The zero-order valence-electron chi connectivity index (χ0n) is 17.0. The Balaban J connectivity index is 1.40. The van der Waals surface area contributed by atoms with Gasteiger partial charge in [0.15, 0.2) is 5.82 Å². The van der Waals surface area contributed by atoms with Crippen LogP contribution in [0.15, 0.2) is 89.4 Å². The molecule has 0 fully saturated rings. The van der Waals surface area contributed by atoms with Gasteiger partial charge in [0.2, 0.25) is 0 Å². The van der Waals surface area contributed by atoms with E-state index in [1.165, 1.54) is 18.3 Å². The normalized spacial score (nSPS) is 11.6. The molecule has 0 saturated carbocycles. The average Bonchev–Trinajstić information content (AvgIpc) is 2.81. The highest BCUT2D eigenvalue weighted by Gasteiger charge is 2.30. The summed E-state index contributed by atoms with van der Waals surface area (Å²) in [6.07, 6.45) is -1.90. The van der Waals surface area contributed by atoms with E-state index in [1.807, 2.05) is 6.07 Å². The van der Waals surface area contributed by atoms with Gasteiger partial charge in [-0.25, -0.2) is 14.4 Å². The molecule has 0 saturated heterocycles. The number of anilines is 2. The second-order valence-corrected chi connectivity index (χ2v) is 6.87. The molecule has 0 aliphatic heterocycles. The Kier molecular flexibility index (Phi) is 6.34. The minimum atomic E-state index is -4.42. The van der Waals surface area contributed by atoms with E-state index in [9.17, 15) is 17.6 Å². The number of hydrogen-bond donors (Lipinski definition) is 1. The van der Waals surface area contributed by atoms with Gasteiger partial charge in [-0.1, -0.05) is 36.4 Å². The SMILES string of the molecule is Fc1cnc(N=NCc2ccc(Nc3cccc(C(F)(F)F)c3)cn2)nc1-c1ccccc1. The Morgan fingerprint density at radius 1 is 0.848 bits per heavy atom. The van der Waals surface area contributed by atoms with Crippen molar-refractivity contribution in [2.75, 3.05) is 5.32 Å². The third-order valence-electron chi connectivity index (χ3n) is 4.47. The smallest absolute Gasteiger partial charge is 0.354 e. The molecule has 10 heteroatoms. The summed E-state index contributed by atoms with van der Waals surface area (Å²) < 4.78 is 52.6. The molecule has 0 unspecified atom stereocenters. The van der Waals surface area contributed by atoms with Gasteiger partial charge in [0, 0.05) is 11.3 Å². The molecule has 2 aromatic heterocycles. The van der Waals surface area contributed by atoms with Crippen LogP contribution in [0.25, 0.3) is 11.3 Å². The Labute approximate surface area is 186 Å². The van der Waals surface area contributed by atoms with Crippen molar-refractivity contribution >= 4 is 17.3 Å². The summed E-state index contributed by atoms with van der Waals surface area (Å²) in [4.78, 5) is 12.1. The number of nitrogens with zero attached hydrogens (tertiary/aromatic N) is 5. The molecule has 1 N–H and O–H groups in total. The largest absolute Gasteiger partial charge is 0.416 e. The van der Waals surface area contributed by atoms with Gasteiger partial charge in [0.05, 0.1) is 29.3 Å². The van der Waals surface area contributed by atoms with Gasteiger partial charge >= 0.3 is 6.18 Å². The fraction of sp³-hybridized carbons (Fsp3) is 0.0870. The lowest BCUT2D eigenvalue weighted by Gasteiger charge is -2.10. The zero-order chi connectivity index (χ0) is 23.3. The third kappa shape index (κ3) is 5.73. The van der Waals surface area contributed by atoms with Crippen LogP contribution >= 0.6 is 0 Å². The van der Waals surface area contributed by atoms with Gasteiger partial charge in [-0.2, -0.15) is 18.3 Å². The number of nitrogens with one attached hydrogen (secondary N) is 1. The van der Waals surface area contributed by atoms with Gasteiger partial charge in [0.1, 0.15) is 12.2 Å². The summed E-state index contributed by atoms with van der Waals surface area (Å²) in [5, 5.41) is 10.8. The highest BCUT2D eigenvalue weighted by atomic mass is 19.4. The maximum Gasteiger partial charge on any atom is 0.416 e. The number of pyridine rings is 1. The Morgan fingerprint density at radius 3 is 2.39 bits per heavy atom. The van der Waals surface area contributed by atoms with Crippen molar-refractivity contribution in [1.82, 2.24) is 15.0 Å². The molecule has 33 heavy (non-hydrogen) atoms. The topological polar surface area (TPSA) is 75.4 Å². The second-order valence-electron chi connectivity index (χ2n) is 6.87. The zero-order valence-corrected chi connectivity index (χ0v) is 17.0. The van der Waals surface area contributed by atoms with E-state index >= 15 is 0 Å². The molecule has 4 rings (SSSR count). The van der Waals surface area contributed by atoms with Crippen molar-refractivity contribution in [3.8, 4) is 11.3 Å². The van der Waals surface area contributed by atoms with Crippen molar-refractivity contribution in [2.45, 2.75) is 12.7 Å². The van der Waals surface area contributed by atoms with Crippen LogP contribution in [0.1, 0.15) is 11.3 Å². The molecule has 2 heterocycles. The van der Waals surface area contributed by atoms with Crippen LogP contribution in [0.4, 0.5) is 34.9 Å². The predicted molar refractivity (Wildman–Crippen MR) is 115 cm³/mol. The first-order valence-corrected chi connectivity index (χ1v) is 9.73. The molecule has 0 radical (unpaired) electrons. The molecular formula is C23H16F4N6. The van der Waals surface area contributed by atoms with Crippen LogP contribution in [-0.4, -0.2) is 15.0 Å². The van der Waals surface area contributed by atoms with Crippen LogP contribution in [0.3, 0.4) is 0 Å². The first kappa shape index (κ1) is 22.0. The molecular weight excluding hydrogens is 436 g/mol. The van der Waals surface area contributed by atoms with E-state index < -0.39 is 17.6 Å². The maximum atomic E-state index is 14.0. The highest BCUT2D eigenvalue weighted by Crippen LogP contribution is 2.31. The lowest BCUT2D eigenvalue weighted by molar-refractivity contribution is -0.137. The number of alkyl halides is 3. The first-order chi connectivity index (χ1) is 15.9. The lowest BCUT2D eigenvalue weighted by atomic mass is 10.1. The van der Waals surface area contributed by atoms with Crippen molar-refractivity contribution in [1.29, 1.82) is 0 Å². The van der Waals surface area contributed by atoms with Crippen molar-refractivity contribution in [3.63, 3.8) is 0 Å². The Bertz CT molecular complexity index is 1260. The van der Waals surface area contributed by atoms with E-state index in [2.05, 4.69) is 30.5 Å². The van der Waals surface area contributed by atoms with Crippen LogP contribution in [0.5, 0.6) is 0 Å². The Hall–Kier alpha value is -4.21. The number of hydrogen-bond acceptors (Lipinski definition) is 6. The molecule has 0 spiro atoms. The van der Waals surface area contributed by atoms with Gasteiger partial charge in [0.25, 0.3) is 5.95 Å². The molecule has 0 aliphatic carbocycles. The summed E-state index contributed by atoms with van der Waals surface area (Å²) >= 11 is 0. The quantitative estimate of drug-likeness (QED) is 0.260. The van der Waals surface area contributed by atoms with E-state index in [4.69, 9.17) is 0 Å². The van der Waals surface area contributed by atoms with Gasteiger partial charge in [-0.3, -0.25) is 4.98 Å². The molecule has 4 aromatic rings. The minimum absolute atomic E-state index is 0.0121. The maximum absolute atomic E-state index is 14.0. The lowest BCUT2D eigenvalue weighted by Crippen LogP contribution is -2.05. The number of azo groups is 1. The molecule has 166 valence electrons. The summed E-state index contributed by atoms with van der Waals surface area (Å²) in [7, 11) is 0. The van der Waals surface area contributed by atoms with E-state index in [0.717, 1.165) is 18.3 Å². The van der Waals surface area contributed by atoms with Crippen LogP contribution in [-0.2, 0) is 12.7 Å². The first-order valence-electron chi connectivity index (χ1n) is 9.73. The van der Waals surface area contributed by atoms with Crippen molar-refractivity contribution < 1.29 is 17.6 Å². The fourth-order valence-electron chi connectivity index (χ4n) is 2.91. The minimum Gasteiger partial charge on any atom is -0.354 e.